The number of carbonyl (C=O) groups excluding carboxylic acids is 1. The van der Waals surface area contributed by atoms with Gasteiger partial charge in [0.2, 0.25) is 10.0 Å². The fourth-order valence-electron chi connectivity index (χ4n) is 2.16. The summed E-state index contributed by atoms with van der Waals surface area (Å²) in [5, 5.41) is 2.85. The molecule has 116 valence electrons. The minimum absolute atomic E-state index is 0.164. The molecular formula is C13H18BrN3O3S. The highest BCUT2D eigenvalue weighted by Crippen LogP contribution is 2.11. The molecule has 21 heavy (non-hydrogen) atoms. The number of hydrogen-bond donors (Lipinski definition) is 1. The monoisotopic (exact) mass is 375 g/mol. The van der Waals surface area contributed by atoms with Crippen LogP contribution in [-0.4, -0.2) is 56.1 Å². The first kappa shape index (κ1) is 16.3. The van der Waals surface area contributed by atoms with E-state index in [-0.39, 0.29) is 6.03 Å². The fourth-order valence-corrected chi connectivity index (χ4v) is 3.43. The van der Waals surface area contributed by atoms with E-state index in [1.54, 1.807) is 4.90 Å². The number of nitrogens with zero attached hydrogens (tertiary/aromatic N) is 2. The van der Waals surface area contributed by atoms with E-state index in [0.717, 1.165) is 10.0 Å². The van der Waals surface area contributed by atoms with Gasteiger partial charge in [-0.15, -0.1) is 0 Å². The molecule has 0 radical (unpaired) electrons. The van der Waals surface area contributed by atoms with E-state index >= 15 is 0 Å². The van der Waals surface area contributed by atoms with Crippen LogP contribution in [0.2, 0.25) is 0 Å². The molecule has 1 aromatic rings. The normalized spacial score (nSPS) is 16.8. The van der Waals surface area contributed by atoms with Crippen LogP contribution in [0.4, 0.5) is 4.79 Å². The van der Waals surface area contributed by atoms with Crippen LogP contribution in [0.15, 0.2) is 28.7 Å². The minimum Gasteiger partial charge on any atom is -0.334 e. The van der Waals surface area contributed by atoms with Crippen molar-refractivity contribution >= 4 is 32.0 Å². The molecular weight excluding hydrogens is 358 g/mol. The largest absolute Gasteiger partial charge is 0.334 e. The number of halogens is 1. The second-order valence-electron chi connectivity index (χ2n) is 4.94. The van der Waals surface area contributed by atoms with Crippen molar-refractivity contribution < 1.29 is 13.2 Å². The lowest BCUT2D eigenvalue weighted by Crippen LogP contribution is -2.52. The maximum Gasteiger partial charge on any atom is 0.317 e. The highest BCUT2D eigenvalue weighted by molar-refractivity contribution is 9.10. The Bertz CT molecular complexity index is 613. The Kier molecular flexibility index (Phi) is 5.23. The van der Waals surface area contributed by atoms with Crippen LogP contribution in [0, 0.1) is 0 Å². The third kappa shape index (κ3) is 4.69. The van der Waals surface area contributed by atoms with Gasteiger partial charge in [-0.1, -0.05) is 28.1 Å². The summed E-state index contributed by atoms with van der Waals surface area (Å²) >= 11 is 3.39. The first-order chi connectivity index (χ1) is 9.86. The Morgan fingerprint density at radius 2 is 1.95 bits per heavy atom. The Hall–Kier alpha value is -1.12. The maximum absolute atomic E-state index is 12.0. The van der Waals surface area contributed by atoms with Crippen molar-refractivity contribution in [3.05, 3.63) is 34.3 Å². The number of nitrogens with one attached hydrogen (secondary N) is 1. The van der Waals surface area contributed by atoms with Gasteiger partial charge in [-0.05, 0) is 17.7 Å². The Morgan fingerprint density at radius 1 is 1.29 bits per heavy atom. The first-order valence-corrected chi connectivity index (χ1v) is 9.23. The van der Waals surface area contributed by atoms with Crippen molar-refractivity contribution in [3.63, 3.8) is 0 Å². The maximum atomic E-state index is 12.0. The number of amides is 2. The molecule has 1 N–H and O–H groups in total. The van der Waals surface area contributed by atoms with Gasteiger partial charge >= 0.3 is 6.03 Å². The van der Waals surface area contributed by atoms with E-state index in [9.17, 15) is 13.2 Å². The summed E-state index contributed by atoms with van der Waals surface area (Å²) in [6, 6.07) is 7.56. The quantitative estimate of drug-likeness (QED) is 0.863. The van der Waals surface area contributed by atoms with E-state index in [2.05, 4.69) is 21.2 Å². The van der Waals surface area contributed by atoms with Gasteiger partial charge in [-0.3, -0.25) is 0 Å². The van der Waals surface area contributed by atoms with Gasteiger partial charge in [-0.25, -0.2) is 13.2 Å². The molecule has 1 heterocycles. The zero-order valence-electron chi connectivity index (χ0n) is 11.8. The summed E-state index contributed by atoms with van der Waals surface area (Å²) in [4.78, 5) is 13.7. The molecule has 2 rings (SSSR count). The summed E-state index contributed by atoms with van der Waals surface area (Å²) < 4.78 is 25.2. The summed E-state index contributed by atoms with van der Waals surface area (Å²) in [6.45, 7) is 1.98. The molecule has 1 aliphatic heterocycles. The molecule has 0 aliphatic carbocycles. The number of benzene rings is 1. The van der Waals surface area contributed by atoms with Gasteiger partial charge in [0.25, 0.3) is 0 Å². The highest BCUT2D eigenvalue weighted by Gasteiger charge is 2.25. The molecule has 1 aliphatic rings. The first-order valence-electron chi connectivity index (χ1n) is 6.58. The van der Waals surface area contributed by atoms with Crippen molar-refractivity contribution in [1.82, 2.24) is 14.5 Å². The molecule has 1 saturated heterocycles. The van der Waals surface area contributed by atoms with E-state index in [1.807, 2.05) is 24.3 Å². The molecule has 0 atom stereocenters. The van der Waals surface area contributed by atoms with E-state index in [1.165, 1.54) is 10.6 Å². The zero-order valence-corrected chi connectivity index (χ0v) is 14.2. The smallest absolute Gasteiger partial charge is 0.317 e. The molecule has 0 spiro atoms. The molecule has 0 aromatic heterocycles. The van der Waals surface area contributed by atoms with Crippen molar-refractivity contribution in [2.45, 2.75) is 6.54 Å². The summed E-state index contributed by atoms with van der Waals surface area (Å²) in [5.41, 5.74) is 1.01. The van der Waals surface area contributed by atoms with Crippen LogP contribution in [0.1, 0.15) is 5.56 Å². The van der Waals surface area contributed by atoms with Crippen LogP contribution in [0.3, 0.4) is 0 Å². The number of piperazine rings is 1. The highest BCUT2D eigenvalue weighted by atomic mass is 79.9. The third-order valence-corrected chi connectivity index (χ3v) is 5.12. The molecule has 1 aromatic carbocycles. The van der Waals surface area contributed by atoms with Gasteiger partial charge in [0.15, 0.2) is 0 Å². The summed E-state index contributed by atoms with van der Waals surface area (Å²) in [5.74, 6) is 0. The minimum atomic E-state index is -3.17. The number of carbonyl (C=O) groups is 1. The van der Waals surface area contributed by atoms with Gasteiger partial charge in [0, 0.05) is 37.2 Å². The fraction of sp³-hybridized carbons (Fsp3) is 0.462. The van der Waals surface area contributed by atoms with Crippen molar-refractivity contribution in [2.75, 3.05) is 32.4 Å². The number of hydrogen-bond acceptors (Lipinski definition) is 3. The van der Waals surface area contributed by atoms with E-state index in [0.29, 0.717) is 32.7 Å². The topological polar surface area (TPSA) is 69.7 Å². The second-order valence-corrected chi connectivity index (χ2v) is 7.84. The van der Waals surface area contributed by atoms with Gasteiger partial charge in [0.05, 0.1) is 6.26 Å². The Morgan fingerprint density at radius 3 is 2.52 bits per heavy atom. The van der Waals surface area contributed by atoms with Crippen molar-refractivity contribution in [2.24, 2.45) is 0 Å². The third-order valence-electron chi connectivity index (χ3n) is 3.33. The summed E-state index contributed by atoms with van der Waals surface area (Å²) in [7, 11) is -3.17. The Balaban J connectivity index is 1.83. The second kappa shape index (κ2) is 6.76. The zero-order chi connectivity index (χ0) is 15.5. The average molecular weight is 376 g/mol. The molecule has 8 heteroatoms. The van der Waals surface area contributed by atoms with Gasteiger partial charge in [0.1, 0.15) is 0 Å². The SMILES string of the molecule is CS(=O)(=O)N1CCN(C(=O)NCc2cccc(Br)c2)CC1. The summed E-state index contributed by atoms with van der Waals surface area (Å²) in [6.07, 6.45) is 1.19. The molecule has 2 amide bonds. The predicted octanol–water partition coefficient (Wildman–Crippen LogP) is 1.24. The van der Waals surface area contributed by atoms with Crippen LogP contribution in [-0.2, 0) is 16.6 Å². The lowest BCUT2D eigenvalue weighted by molar-refractivity contribution is 0.172. The van der Waals surface area contributed by atoms with Crippen LogP contribution < -0.4 is 5.32 Å². The standard InChI is InChI=1S/C13H18BrN3O3S/c1-21(19,20)17-7-5-16(6-8-17)13(18)15-10-11-3-2-4-12(14)9-11/h2-4,9H,5-8,10H2,1H3,(H,15,18). The van der Waals surface area contributed by atoms with E-state index in [4.69, 9.17) is 0 Å². The lowest BCUT2D eigenvalue weighted by atomic mass is 10.2. The molecule has 0 unspecified atom stereocenters. The van der Waals surface area contributed by atoms with Crippen molar-refractivity contribution in [3.8, 4) is 0 Å². The number of urea groups is 1. The van der Waals surface area contributed by atoms with E-state index < -0.39 is 10.0 Å². The molecule has 6 nitrogen and oxygen atoms in total. The van der Waals surface area contributed by atoms with Crippen LogP contribution in [0.5, 0.6) is 0 Å². The van der Waals surface area contributed by atoms with Gasteiger partial charge in [-0.2, -0.15) is 4.31 Å². The number of rotatable bonds is 3. The average Bonchev–Trinajstić information content (AvgIpc) is 2.44. The van der Waals surface area contributed by atoms with Crippen molar-refractivity contribution in [1.29, 1.82) is 0 Å². The Labute approximate surface area is 133 Å². The predicted molar refractivity (Wildman–Crippen MR) is 84.4 cm³/mol. The van der Waals surface area contributed by atoms with Crippen LogP contribution in [0.25, 0.3) is 0 Å². The number of sulfonamides is 1. The molecule has 0 saturated carbocycles. The van der Waals surface area contributed by atoms with Gasteiger partial charge < -0.3 is 10.2 Å². The van der Waals surface area contributed by atoms with Crippen LogP contribution >= 0.6 is 15.9 Å². The molecule has 0 bridgehead atoms. The molecule has 1 fully saturated rings. The lowest BCUT2D eigenvalue weighted by Gasteiger charge is -2.33.